The summed E-state index contributed by atoms with van der Waals surface area (Å²) in [6.07, 6.45) is 0.761. The van der Waals surface area contributed by atoms with Crippen LogP contribution in [0.4, 0.5) is 0 Å². The number of amidine groups is 1. The number of nitrogens with one attached hydrogen (secondary N) is 1. The average molecular weight is 210 g/mol. The second-order valence-electron chi connectivity index (χ2n) is 2.84. The Morgan fingerprint density at radius 2 is 2.14 bits per heavy atom. The molecule has 0 saturated carbocycles. The van der Waals surface area contributed by atoms with E-state index >= 15 is 0 Å². The van der Waals surface area contributed by atoms with Crippen LogP contribution in [0.3, 0.4) is 0 Å². The quantitative estimate of drug-likeness (QED) is 0.298. The minimum Gasteiger partial charge on any atom is -0.396 e. The highest BCUT2D eigenvalue weighted by atomic mass is 32.2. The molecule has 0 saturated heterocycles. The van der Waals surface area contributed by atoms with E-state index in [2.05, 4.69) is 0 Å². The minimum absolute atomic E-state index is 0.0945. The van der Waals surface area contributed by atoms with Gasteiger partial charge in [0.15, 0.2) is 0 Å². The van der Waals surface area contributed by atoms with Crippen molar-refractivity contribution in [1.29, 1.82) is 5.41 Å². The zero-order chi connectivity index (χ0) is 10.4. The molecular formula is C10H14N2OS. The minimum atomic E-state index is 0.0945. The van der Waals surface area contributed by atoms with E-state index in [0.29, 0.717) is 0 Å². The molecule has 0 spiro atoms. The van der Waals surface area contributed by atoms with E-state index in [9.17, 15) is 0 Å². The summed E-state index contributed by atoms with van der Waals surface area (Å²) in [5, 5.41) is 16.0. The molecule has 1 rings (SSSR count). The number of rotatable bonds is 5. The third-order valence-electron chi connectivity index (χ3n) is 1.74. The molecule has 1 aromatic rings. The third kappa shape index (κ3) is 3.05. The van der Waals surface area contributed by atoms with Crippen molar-refractivity contribution in [2.75, 3.05) is 12.4 Å². The van der Waals surface area contributed by atoms with Gasteiger partial charge in [-0.05, 0) is 12.5 Å². The SMILES string of the molecule is N=C(N)c1ccccc1SCCCO. The van der Waals surface area contributed by atoms with E-state index in [-0.39, 0.29) is 12.4 Å². The fraction of sp³-hybridized carbons (Fsp3) is 0.300. The van der Waals surface area contributed by atoms with Gasteiger partial charge >= 0.3 is 0 Å². The molecule has 76 valence electrons. The number of nitrogens with two attached hydrogens (primary N) is 1. The summed E-state index contributed by atoms with van der Waals surface area (Å²) in [6, 6.07) is 7.57. The average Bonchev–Trinajstić information content (AvgIpc) is 2.19. The van der Waals surface area contributed by atoms with Gasteiger partial charge in [0.05, 0.1) is 0 Å². The van der Waals surface area contributed by atoms with E-state index in [0.717, 1.165) is 22.6 Å². The summed E-state index contributed by atoms with van der Waals surface area (Å²) in [5.41, 5.74) is 6.21. The topological polar surface area (TPSA) is 70.1 Å². The smallest absolute Gasteiger partial charge is 0.123 e. The molecule has 0 unspecified atom stereocenters. The number of hydrogen-bond acceptors (Lipinski definition) is 3. The number of aliphatic hydroxyl groups excluding tert-OH is 1. The zero-order valence-electron chi connectivity index (χ0n) is 7.86. The van der Waals surface area contributed by atoms with E-state index in [1.54, 1.807) is 11.8 Å². The molecule has 4 N–H and O–H groups in total. The van der Waals surface area contributed by atoms with Crippen LogP contribution >= 0.6 is 11.8 Å². The van der Waals surface area contributed by atoms with E-state index in [1.165, 1.54) is 0 Å². The van der Waals surface area contributed by atoms with Crippen LogP contribution in [0.25, 0.3) is 0 Å². The molecule has 4 heteroatoms. The third-order valence-corrected chi connectivity index (χ3v) is 2.90. The van der Waals surface area contributed by atoms with Crippen molar-refractivity contribution in [3.63, 3.8) is 0 Å². The Labute approximate surface area is 87.8 Å². The standard InChI is InChI=1S/C10H14N2OS/c11-10(12)8-4-1-2-5-9(8)14-7-3-6-13/h1-2,4-5,13H,3,6-7H2,(H3,11,12). The van der Waals surface area contributed by atoms with Crippen LogP contribution in [0.5, 0.6) is 0 Å². The number of aliphatic hydroxyl groups is 1. The lowest BCUT2D eigenvalue weighted by atomic mass is 10.2. The largest absolute Gasteiger partial charge is 0.396 e. The van der Waals surface area contributed by atoms with Crippen LogP contribution in [-0.2, 0) is 0 Å². The summed E-state index contributed by atoms with van der Waals surface area (Å²) in [5.74, 6) is 0.943. The second kappa shape index (κ2) is 5.67. The maximum absolute atomic E-state index is 8.64. The second-order valence-corrected chi connectivity index (χ2v) is 3.97. The maximum Gasteiger partial charge on any atom is 0.123 e. The summed E-state index contributed by atoms with van der Waals surface area (Å²) in [6.45, 7) is 0.204. The zero-order valence-corrected chi connectivity index (χ0v) is 8.68. The van der Waals surface area contributed by atoms with Gasteiger partial charge in [-0.15, -0.1) is 11.8 Å². The molecule has 3 nitrogen and oxygen atoms in total. The fourth-order valence-corrected chi connectivity index (χ4v) is 2.06. The first-order valence-electron chi connectivity index (χ1n) is 4.43. The lowest BCUT2D eigenvalue weighted by Gasteiger charge is -2.06. The maximum atomic E-state index is 8.64. The number of benzene rings is 1. The summed E-state index contributed by atoms with van der Waals surface area (Å²) < 4.78 is 0. The van der Waals surface area contributed by atoms with Gasteiger partial charge in [0.25, 0.3) is 0 Å². The van der Waals surface area contributed by atoms with Gasteiger partial charge in [0, 0.05) is 22.8 Å². The molecular weight excluding hydrogens is 196 g/mol. The Morgan fingerprint density at radius 1 is 1.43 bits per heavy atom. The van der Waals surface area contributed by atoms with E-state index < -0.39 is 0 Å². The highest BCUT2D eigenvalue weighted by Gasteiger charge is 2.03. The van der Waals surface area contributed by atoms with Crippen molar-refractivity contribution in [2.24, 2.45) is 5.73 Å². The molecule has 0 atom stereocenters. The highest BCUT2D eigenvalue weighted by molar-refractivity contribution is 7.99. The Kier molecular flexibility index (Phi) is 4.49. The monoisotopic (exact) mass is 210 g/mol. The molecule has 0 bridgehead atoms. The molecule has 0 aliphatic carbocycles. The van der Waals surface area contributed by atoms with Gasteiger partial charge in [-0.3, -0.25) is 5.41 Å². The Bertz CT molecular complexity index is 315. The molecule has 0 amide bonds. The Hall–Kier alpha value is -1.00. The van der Waals surface area contributed by atoms with Gasteiger partial charge in [0.2, 0.25) is 0 Å². The van der Waals surface area contributed by atoms with Gasteiger partial charge in [-0.25, -0.2) is 0 Å². The van der Waals surface area contributed by atoms with Crippen LogP contribution in [0, 0.1) is 5.41 Å². The fourth-order valence-electron chi connectivity index (χ4n) is 1.06. The molecule has 0 heterocycles. The molecule has 0 aromatic heterocycles. The first-order valence-corrected chi connectivity index (χ1v) is 5.41. The molecule has 14 heavy (non-hydrogen) atoms. The Balaban J connectivity index is 2.69. The first-order chi connectivity index (χ1) is 6.75. The molecule has 1 aromatic carbocycles. The summed E-state index contributed by atoms with van der Waals surface area (Å²) >= 11 is 1.62. The lowest BCUT2D eigenvalue weighted by Crippen LogP contribution is -2.12. The van der Waals surface area contributed by atoms with Crippen LogP contribution in [-0.4, -0.2) is 23.3 Å². The van der Waals surface area contributed by atoms with Gasteiger partial charge < -0.3 is 10.8 Å². The van der Waals surface area contributed by atoms with Crippen molar-refractivity contribution in [3.8, 4) is 0 Å². The first kappa shape index (κ1) is 11.1. The molecule has 0 aliphatic heterocycles. The molecule has 0 radical (unpaired) electrons. The predicted octanol–water partition coefficient (Wildman–Crippen LogP) is 1.45. The van der Waals surface area contributed by atoms with Crippen molar-refractivity contribution in [1.82, 2.24) is 0 Å². The van der Waals surface area contributed by atoms with Crippen LogP contribution in [0.1, 0.15) is 12.0 Å². The number of hydrogen-bond donors (Lipinski definition) is 3. The normalized spacial score (nSPS) is 10.1. The lowest BCUT2D eigenvalue weighted by molar-refractivity contribution is 0.296. The highest BCUT2D eigenvalue weighted by Crippen LogP contribution is 2.22. The van der Waals surface area contributed by atoms with Crippen molar-refractivity contribution < 1.29 is 5.11 Å². The van der Waals surface area contributed by atoms with Gasteiger partial charge in [0.1, 0.15) is 5.84 Å². The molecule has 0 fully saturated rings. The number of thioether (sulfide) groups is 1. The van der Waals surface area contributed by atoms with Crippen molar-refractivity contribution in [2.45, 2.75) is 11.3 Å². The van der Waals surface area contributed by atoms with Crippen LogP contribution in [0.15, 0.2) is 29.2 Å². The van der Waals surface area contributed by atoms with Crippen molar-refractivity contribution >= 4 is 17.6 Å². The van der Waals surface area contributed by atoms with E-state index in [4.69, 9.17) is 16.2 Å². The summed E-state index contributed by atoms with van der Waals surface area (Å²) in [4.78, 5) is 1.01. The van der Waals surface area contributed by atoms with Crippen LogP contribution < -0.4 is 5.73 Å². The molecule has 0 aliphatic rings. The van der Waals surface area contributed by atoms with Gasteiger partial charge in [-0.2, -0.15) is 0 Å². The van der Waals surface area contributed by atoms with Crippen LogP contribution in [0.2, 0.25) is 0 Å². The van der Waals surface area contributed by atoms with Gasteiger partial charge in [-0.1, -0.05) is 18.2 Å². The Morgan fingerprint density at radius 3 is 2.79 bits per heavy atom. The number of nitrogen functional groups attached to an aromatic ring is 1. The van der Waals surface area contributed by atoms with Crippen molar-refractivity contribution in [3.05, 3.63) is 29.8 Å². The predicted molar refractivity (Wildman–Crippen MR) is 59.9 cm³/mol. The van der Waals surface area contributed by atoms with E-state index in [1.807, 2.05) is 24.3 Å². The summed E-state index contributed by atoms with van der Waals surface area (Å²) in [7, 11) is 0.